The molecule has 4 nitrogen and oxygen atoms in total. The van der Waals surface area contributed by atoms with E-state index in [4.69, 9.17) is 22.1 Å². The van der Waals surface area contributed by atoms with Gasteiger partial charge in [0.15, 0.2) is 6.73 Å². The Labute approximate surface area is 105 Å². The summed E-state index contributed by atoms with van der Waals surface area (Å²) in [7, 11) is 0. The standard InChI is InChI=1S/C12H14ClN3O/c1-8-5-10(3-4-11(8)13)17-7-16-9(2)6-12(14)15-16/h3-6H,7H2,1-2H3,(H2,14,15). The molecule has 0 spiro atoms. The highest BCUT2D eigenvalue weighted by Crippen LogP contribution is 2.21. The van der Waals surface area contributed by atoms with Crippen LogP contribution < -0.4 is 10.5 Å². The number of anilines is 1. The first kappa shape index (κ1) is 11.8. The van der Waals surface area contributed by atoms with Crippen LogP contribution in [0.3, 0.4) is 0 Å². The highest BCUT2D eigenvalue weighted by Gasteiger charge is 2.03. The van der Waals surface area contributed by atoms with E-state index in [1.807, 2.05) is 32.0 Å². The van der Waals surface area contributed by atoms with Crippen molar-refractivity contribution in [2.24, 2.45) is 0 Å². The van der Waals surface area contributed by atoms with Gasteiger partial charge in [0.25, 0.3) is 0 Å². The Bertz CT molecular complexity index is 537. The monoisotopic (exact) mass is 251 g/mol. The average Bonchev–Trinajstić information content (AvgIpc) is 2.59. The van der Waals surface area contributed by atoms with Crippen LogP contribution in [0.5, 0.6) is 5.75 Å². The zero-order valence-corrected chi connectivity index (χ0v) is 10.5. The molecule has 2 aromatic rings. The molecule has 0 aliphatic rings. The Morgan fingerprint density at radius 3 is 2.71 bits per heavy atom. The molecule has 0 aliphatic carbocycles. The van der Waals surface area contributed by atoms with E-state index in [-0.39, 0.29) is 0 Å². The molecule has 0 aliphatic heterocycles. The number of nitrogen functional groups attached to an aromatic ring is 1. The number of ether oxygens (including phenoxy) is 1. The normalized spacial score (nSPS) is 10.5. The van der Waals surface area contributed by atoms with Crippen LogP contribution >= 0.6 is 11.6 Å². The molecule has 2 N–H and O–H groups in total. The Hall–Kier alpha value is -1.68. The Kier molecular flexibility index (Phi) is 3.24. The van der Waals surface area contributed by atoms with Gasteiger partial charge >= 0.3 is 0 Å². The van der Waals surface area contributed by atoms with Crippen molar-refractivity contribution in [2.45, 2.75) is 20.6 Å². The number of nitrogens with zero attached hydrogens (tertiary/aromatic N) is 2. The molecule has 0 unspecified atom stereocenters. The second-order valence-corrected chi connectivity index (χ2v) is 4.30. The molecule has 0 radical (unpaired) electrons. The van der Waals surface area contributed by atoms with Gasteiger partial charge in [-0.05, 0) is 37.6 Å². The molecular weight excluding hydrogens is 238 g/mol. The van der Waals surface area contributed by atoms with Crippen molar-refractivity contribution < 1.29 is 4.74 Å². The van der Waals surface area contributed by atoms with Gasteiger partial charge in [-0.15, -0.1) is 0 Å². The second-order valence-electron chi connectivity index (χ2n) is 3.89. The minimum atomic E-state index is 0.337. The zero-order chi connectivity index (χ0) is 12.4. The SMILES string of the molecule is Cc1cc(OCn2nc(N)cc2C)ccc1Cl. The molecule has 1 aromatic carbocycles. The molecule has 1 heterocycles. The van der Waals surface area contributed by atoms with Gasteiger partial charge in [-0.3, -0.25) is 0 Å². The molecule has 0 saturated heterocycles. The minimum absolute atomic E-state index is 0.337. The van der Waals surface area contributed by atoms with E-state index < -0.39 is 0 Å². The first-order valence-corrected chi connectivity index (χ1v) is 5.63. The van der Waals surface area contributed by atoms with Gasteiger partial charge < -0.3 is 10.5 Å². The van der Waals surface area contributed by atoms with Crippen LogP contribution in [-0.4, -0.2) is 9.78 Å². The van der Waals surface area contributed by atoms with Crippen LogP contribution in [0, 0.1) is 13.8 Å². The smallest absolute Gasteiger partial charge is 0.181 e. The third-order valence-electron chi connectivity index (χ3n) is 2.48. The number of aromatic nitrogens is 2. The fourth-order valence-corrected chi connectivity index (χ4v) is 1.63. The van der Waals surface area contributed by atoms with Gasteiger partial charge in [0, 0.05) is 16.8 Å². The number of benzene rings is 1. The summed E-state index contributed by atoms with van der Waals surface area (Å²) in [5, 5.41) is 4.84. The van der Waals surface area contributed by atoms with Gasteiger partial charge in [0.05, 0.1) is 0 Å². The largest absolute Gasteiger partial charge is 0.471 e. The maximum Gasteiger partial charge on any atom is 0.181 e. The predicted octanol–water partition coefficient (Wildman–Crippen LogP) is 2.77. The van der Waals surface area contributed by atoms with E-state index in [1.165, 1.54) is 0 Å². The molecule has 0 atom stereocenters. The summed E-state index contributed by atoms with van der Waals surface area (Å²) in [5.41, 5.74) is 7.54. The quantitative estimate of drug-likeness (QED) is 0.913. The third kappa shape index (κ3) is 2.71. The zero-order valence-electron chi connectivity index (χ0n) is 9.77. The lowest BCUT2D eigenvalue weighted by Crippen LogP contribution is -2.08. The number of aryl methyl sites for hydroxylation is 2. The summed E-state index contributed by atoms with van der Waals surface area (Å²) < 4.78 is 7.32. The molecule has 17 heavy (non-hydrogen) atoms. The van der Waals surface area contributed by atoms with Crippen molar-refractivity contribution in [3.05, 3.63) is 40.5 Å². The van der Waals surface area contributed by atoms with Crippen LogP contribution in [0.4, 0.5) is 5.82 Å². The van der Waals surface area contributed by atoms with Crippen LogP contribution in [0.15, 0.2) is 24.3 Å². The summed E-state index contributed by atoms with van der Waals surface area (Å²) in [6.07, 6.45) is 0. The highest BCUT2D eigenvalue weighted by molar-refractivity contribution is 6.31. The van der Waals surface area contributed by atoms with Crippen molar-refractivity contribution in [2.75, 3.05) is 5.73 Å². The lowest BCUT2D eigenvalue weighted by molar-refractivity contribution is 0.218. The van der Waals surface area contributed by atoms with Crippen molar-refractivity contribution in [3.8, 4) is 5.75 Å². The number of hydrogen-bond acceptors (Lipinski definition) is 3. The summed E-state index contributed by atoms with van der Waals surface area (Å²) in [6.45, 7) is 4.20. The predicted molar refractivity (Wildman–Crippen MR) is 68.2 cm³/mol. The summed E-state index contributed by atoms with van der Waals surface area (Å²) in [5.74, 6) is 1.26. The topological polar surface area (TPSA) is 53.1 Å². The maximum atomic E-state index is 5.94. The minimum Gasteiger partial charge on any atom is -0.471 e. The fourth-order valence-electron chi connectivity index (χ4n) is 1.51. The molecule has 0 saturated carbocycles. The molecule has 90 valence electrons. The van der Waals surface area contributed by atoms with Crippen molar-refractivity contribution >= 4 is 17.4 Å². The number of halogens is 1. The van der Waals surface area contributed by atoms with Crippen LogP contribution in [-0.2, 0) is 6.73 Å². The first-order chi connectivity index (χ1) is 8.06. The Morgan fingerprint density at radius 2 is 2.12 bits per heavy atom. The molecule has 5 heteroatoms. The van der Waals surface area contributed by atoms with Crippen molar-refractivity contribution in [1.29, 1.82) is 0 Å². The van der Waals surface area contributed by atoms with Crippen LogP contribution in [0.2, 0.25) is 5.02 Å². The number of rotatable bonds is 3. The maximum absolute atomic E-state index is 5.94. The van der Waals surface area contributed by atoms with Gasteiger partial charge in [-0.25, -0.2) is 4.68 Å². The Balaban J connectivity index is 2.07. The molecule has 2 rings (SSSR count). The van der Waals surface area contributed by atoms with Gasteiger partial charge in [-0.1, -0.05) is 11.6 Å². The summed E-state index contributed by atoms with van der Waals surface area (Å²) >= 11 is 5.94. The molecule has 1 aromatic heterocycles. The molecule has 0 bridgehead atoms. The number of nitrogens with two attached hydrogens (primary N) is 1. The van der Waals surface area contributed by atoms with E-state index >= 15 is 0 Å². The summed E-state index contributed by atoms with van der Waals surface area (Å²) in [4.78, 5) is 0. The molecule has 0 amide bonds. The van der Waals surface area contributed by atoms with Gasteiger partial charge in [-0.2, -0.15) is 5.10 Å². The lowest BCUT2D eigenvalue weighted by Gasteiger charge is -2.08. The van der Waals surface area contributed by atoms with Crippen LogP contribution in [0.25, 0.3) is 0 Å². The molecule has 0 fully saturated rings. The summed E-state index contributed by atoms with van der Waals surface area (Å²) in [6, 6.07) is 7.34. The Morgan fingerprint density at radius 1 is 1.35 bits per heavy atom. The van der Waals surface area contributed by atoms with Crippen molar-refractivity contribution in [3.63, 3.8) is 0 Å². The van der Waals surface area contributed by atoms with E-state index in [9.17, 15) is 0 Å². The van der Waals surface area contributed by atoms with E-state index in [0.717, 1.165) is 22.0 Å². The van der Waals surface area contributed by atoms with E-state index in [2.05, 4.69) is 5.10 Å². The third-order valence-corrected chi connectivity index (χ3v) is 2.91. The number of hydrogen-bond donors (Lipinski definition) is 1. The van der Waals surface area contributed by atoms with Crippen LogP contribution in [0.1, 0.15) is 11.3 Å². The van der Waals surface area contributed by atoms with Gasteiger partial charge in [0.1, 0.15) is 11.6 Å². The first-order valence-electron chi connectivity index (χ1n) is 5.25. The van der Waals surface area contributed by atoms with Gasteiger partial charge in [0.2, 0.25) is 0 Å². The molecular formula is C12H14ClN3O. The second kappa shape index (κ2) is 4.67. The highest BCUT2D eigenvalue weighted by atomic mass is 35.5. The van der Waals surface area contributed by atoms with E-state index in [1.54, 1.807) is 10.7 Å². The fraction of sp³-hybridized carbons (Fsp3) is 0.250. The average molecular weight is 252 g/mol. The van der Waals surface area contributed by atoms with Crippen molar-refractivity contribution in [1.82, 2.24) is 9.78 Å². The lowest BCUT2D eigenvalue weighted by atomic mass is 10.2. The van der Waals surface area contributed by atoms with E-state index in [0.29, 0.717) is 12.5 Å².